The summed E-state index contributed by atoms with van der Waals surface area (Å²) in [5.41, 5.74) is 4.51. The number of hydrogen-bond donors (Lipinski definition) is 2. The lowest BCUT2D eigenvalue weighted by molar-refractivity contribution is -0.128. The third-order valence-electron chi connectivity index (χ3n) is 2.79. The molecule has 88 valence electrons. The lowest BCUT2D eigenvalue weighted by Gasteiger charge is -2.23. The normalized spacial score (nSPS) is 13.7. The van der Waals surface area contributed by atoms with E-state index in [0.717, 1.165) is 0 Å². The Morgan fingerprint density at radius 2 is 1.73 bits per heavy atom. The maximum Gasteiger partial charge on any atom is 0.224 e. The van der Waals surface area contributed by atoms with Gasteiger partial charge in [0.15, 0.2) is 0 Å². The molecule has 0 spiro atoms. The zero-order chi connectivity index (χ0) is 12.2. The summed E-state index contributed by atoms with van der Waals surface area (Å²) >= 11 is 0. The van der Waals surface area contributed by atoms with Crippen LogP contribution in [0.3, 0.4) is 0 Å². The van der Waals surface area contributed by atoms with Crippen molar-refractivity contribution >= 4 is 11.8 Å². The standard InChI is InChI=1S/C11H22N2O2/c1-7(2)8(3)9(14)13-6-11(4,5)10(12)15/h7-8H,6H2,1-5H3,(H2,12,15)(H,13,14). The van der Waals surface area contributed by atoms with Crippen LogP contribution in [-0.4, -0.2) is 18.4 Å². The van der Waals surface area contributed by atoms with E-state index in [2.05, 4.69) is 5.32 Å². The zero-order valence-corrected chi connectivity index (χ0v) is 10.3. The van der Waals surface area contributed by atoms with Crippen molar-refractivity contribution in [1.82, 2.24) is 5.32 Å². The van der Waals surface area contributed by atoms with Crippen molar-refractivity contribution in [2.75, 3.05) is 6.54 Å². The summed E-state index contributed by atoms with van der Waals surface area (Å²) in [6.45, 7) is 9.58. The highest BCUT2D eigenvalue weighted by Crippen LogP contribution is 2.14. The molecule has 0 saturated carbocycles. The van der Waals surface area contributed by atoms with Crippen LogP contribution < -0.4 is 11.1 Å². The van der Waals surface area contributed by atoms with Crippen molar-refractivity contribution in [1.29, 1.82) is 0 Å². The number of nitrogens with one attached hydrogen (secondary N) is 1. The summed E-state index contributed by atoms with van der Waals surface area (Å²) in [5.74, 6) is -0.185. The molecule has 0 heterocycles. The minimum Gasteiger partial charge on any atom is -0.369 e. The predicted octanol–water partition coefficient (Wildman–Crippen LogP) is 0.906. The second-order valence-corrected chi connectivity index (χ2v) is 5.00. The van der Waals surface area contributed by atoms with E-state index >= 15 is 0 Å². The van der Waals surface area contributed by atoms with E-state index in [1.807, 2.05) is 20.8 Å². The van der Waals surface area contributed by atoms with Crippen LogP contribution in [0.15, 0.2) is 0 Å². The van der Waals surface area contributed by atoms with Gasteiger partial charge in [0.1, 0.15) is 0 Å². The van der Waals surface area contributed by atoms with Gasteiger partial charge in [-0.25, -0.2) is 0 Å². The molecule has 2 amide bonds. The van der Waals surface area contributed by atoms with Crippen LogP contribution in [-0.2, 0) is 9.59 Å². The monoisotopic (exact) mass is 214 g/mol. The molecule has 3 N–H and O–H groups in total. The highest BCUT2D eigenvalue weighted by atomic mass is 16.2. The van der Waals surface area contributed by atoms with Crippen LogP contribution in [0.2, 0.25) is 0 Å². The molecule has 0 fully saturated rings. The van der Waals surface area contributed by atoms with Gasteiger partial charge < -0.3 is 11.1 Å². The van der Waals surface area contributed by atoms with Crippen molar-refractivity contribution in [2.45, 2.75) is 34.6 Å². The summed E-state index contributed by atoms with van der Waals surface area (Å²) in [6.07, 6.45) is 0. The fraction of sp³-hybridized carbons (Fsp3) is 0.818. The van der Waals surface area contributed by atoms with Gasteiger partial charge in [-0.2, -0.15) is 0 Å². The molecule has 4 heteroatoms. The van der Waals surface area contributed by atoms with Crippen LogP contribution in [0.5, 0.6) is 0 Å². The van der Waals surface area contributed by atoms with E-state index in [4.69, 9.17) is 5.73 Å². The first-order valence-electron chi connectivity index (χ1n) is 5.26. The smallest absolute Gasteiger partial charge is 0.224 e. The number of primary amides is 1. The molecule has 0 rings (SSSR count). The molecule has 0 aliphatic carbocycles. The third-order valence-corrected chi connectivity index (χ3v) is 2.79. The first-order valence-corrected chi connectivity index (χ1v) is 5.26. The average molecular weight is 214 g/mol. The van der Waals surface area contributed by atoms with Crippen molar-refractivity contribution < 1.29 is 9.59 Å². The van der Waals surface area contributed by atoms with Crippen LogP contribution in [0, 0.1) is 17.3 Å². The number of carbonyl (C=O) groups is 2. The lowest BCUT2D eigenvalue weighted by Crippen LogP contribution is -2.44. The fourth-order valence-corrected chi connectivity index (χ4v) is 0.859. The number of hydrogen-bond acceptors (Lipinski definition) is 2. The molecular weight excluding hydrogens is 192 g/mol. The Morgan fingerprint density at radius 3 is 2.07 bits per heavy atom. The first-order chi connectivity index (χ1) is 6.68. The summed E-state index contributed by atoms with van der Waals surface area (Å²) in [6, 6.07) is 0. The molecule has 1 unspecified atom stereocenters. The summed E-state index contributed by atoms with van der Waals surface area (Å²) in [7, 11) is 0. The molecule has 0 aliphatic rings. The third kappa shape index (κ3) is 4.32. The molecule has 0 saturated heterocycles. The van der Waals surface area contributed by atoms with E-state index in [9.17, 15) is 9.59 Å². The number of rotatable bonds is 5. The molecule has 4 nitrogen and oxygen atoms in total. The molecule has 1 atom stereocenters. The van der Waals surface area contributed by atoms with Crippen LogP contribution in [0.25, 0.3) is 0 Å². The minimum absolute atomic E-state index is 0.0284. The molecule has 15 heavy (non-hydrogen) atoms. The maximum absolute atomic E-state index is 11.6. The lowest BCUT2D eigenvalue weighted by atomic mass is 9.91. The second kappa shape index (κ2) is 5.14. The van der Waals surface area contributed by atoms with E-state index in [1.54, 1.807) is 13.8 Å². The molecule has 0 bridgehead atoms. The van der Waals surface area contributed by atoms with Crippen molar-refractivity contribution in [3.8, 4) is 0 Å². The largest absolute Gasteiger partial charge is 0.369 e. The second-order valence-electron chi connectivity index (χ2n) is 5.00. The van der Waals surface area contributed by atoms with E-state index < -0.39 is 11.3 Å². The Bertz CT molecular complexity index is 247. The van der Waals surface area contributed by atoms with Gasteiger partial charge in [0.2, 0.25) is 11.8 Å². The molecule has 0 aromatic rings. The fourth-order valence-electron chi connectivity index (χ4n) is 0.859. The molecule has 0 aliphatic heterocycles. The van der Waals surface area contributed by atoms with Crippen LogP contribution in [0.1, 0.15) is 34.6 Å². The Kier molecular flexibility index (Phi) is 4.78. The highest BCUT2D eigenvalue weighted by Gasteiger charge is 2.26. The van der Waals surface area contributed by atoms with Gasteiger partial charge in [-0.1, -0.05) is 20.8 Å². The number of amides is 2. The topological polar surface area (TPSA) is 72.2 Å². The summed E-state index contributed by atoms with van der Waals surface area (Å²) in [5, 5.41) is 2.75. The van der Waals surface area contributed by atoms with Crippen molar-refractivity contribution in [3.05, 3.63) is 0 Å². The van der Waals surface area contributed by atoms with E-state index in [-0.39, 0.29) is 18.4 Å². The molecular formula is C11H22N2O2. The number of carbonyl (C=O) groups excluding carboxylic acids is 2. The van der Waals surface area contributed by atoms with Gasteiger partial charge in [0.25, 0.3) is 0 Å². The first kappa shape index (κ1) is 13.9. The van der Waals surface area contributed by atoms with Gasteiger partial charge in [-0.15, -0.1) is 0 Å². The Labute approximate surface area is 91.6 Å². The Hall–Kier alpha value is -1.06. The van der Waals surface area contributed by atoms with Gasteiger partial charge in [-0.3, -0.25) is 9.59 Å². The zero-order valence-electron chi connectivity index (χ0n) is 10.3. The predicted molar refractivity (Wildman–Crippen MR) is 60.0 cm³/mol. The maximum atomic E-state index is 11.6. The highest BCUT2D eigenvalue weighted by molar-refractivity contribution is 5.82. The molecule has 0 aromatic carbocycles. The Balaban J connectivity index is 4.18. The molecule has 0 radical (unpaired) electrons. The van der Waals surface area contributed by atoms with Crippen LogP contribution >= 0.6 is 0 Å². The summed E-state index contributed by atoms with van der Waals surface area (Å²) < 4.78 is 0. The SMILES string of the molecule is CC(C)C(C)C(=O)NCC(C)(C)C(N)=O. The average Bonchev–Trinajstić information content (AvgIpc) is 2.12. The van der Waals surface area contributed by atoms with E-state index in [0.29, 0.717) is 5.92 Å². The van der Waals surface area contributed by atoms with Crippen LogP contribution in [0.4, 0.5) is 0 Å². The van der Waals surface area contributed by atoms with Gasteiger partial charge in [0.05, 0.1) is 5.41 Å². The van der Waals surface area contributed by atoms with Gasteiger partial charge in [0, 0.05) is 12.5 Å². The minimum atomic E-state index is -0.688. The van der Waals surface area contributed by atoms with E-state index in [1.165, 1.54) is 0 Å². The van der Waals surface area contributed by atoms with Crippen molar-refractivity contribution in [2.24, 2.45) is 23.0 Å². The van der Waals surface area contributed by atoms with Gasteiger partial charge >= 0.3 is 0 Å². The van der Waals surface area contributed by atoms with Gasteiger partial charge in [-0.05, 0) is 19.8 Å². The van der Waals surface area contributed by atoms with Crippen molar-refractivity contribution in [3.63, 3.8) is 0 Å². The number of nitrogens with two attached hydrogens (primary N) is 1. The Morgan fingerprint density at radius 1 is 1.27 bits per heavy atom. The summed E-state index contributed by atoms with van der Waals surface area (Å²) in [4.78, 5) is 22.6. The quantitative estimate of drug-likeness (QED) is 0.714. The molecule has 0 aromatic heterocycles.